The van der Waals surface area contributed by atoms with Crippen molar-refractivity contribution in [2.75, 3.05) is 13.2 Å². The van der Waals surface area contributed by atoms with E-state index in [1.54, 1.807) is 0 Å². The molecule has 1 saturated heterocycles. The van der Waals surface area contributed by atoms with E-state index in [0.717, 1.165) is 41.2 Å². The predicted molar refractivity (Wildman–Crippen MR) is 93.5 cm³/mol. The van der Waals surface area contributed by atoms with Crippen LogP contribution in [0.15, 0.2) is 60.7 Å². The highest BCUT2D eigenvalue weighted by molar-refractivity contribution is 5.78. The fourth-order valence-electron chi connectivity index (χ4n) is 2.99. The number of hydrogen-bond donors (Lipinski definition) is 1. The minimum Gasteiger partial charge on any atom is -0.350 e. The van der Waals surface area contributed by atoms with E-state index in [9.17, 15) is 0 Å². The second kappa shape index (κ2) is 6.99. The van der Waals surface area contributed by atoms with Gasteiger partial charge in [-0.2, -0.15) is 0 Å². The summed E-state index contributed by atoms with van der Waals surface area (Å²) in [5.74, 6) is 0.965. The monoisotopic (exact) mass is 320 g/mol. The van der Waals surface area contributed by atoms with E-state index in [2.05, 4.69) is 29.2 Å². The minimum atomic E-state index is -0.101. The summed E-state index contributed by atoms with van der Waals surface area (Å²) in [6.45, 7) is 1.38. The number of aromatic nitrogens is 2. The molecule has 0 atom stereocenters. The highest BCUT2D eigenvalue weighted by Crippen LogP contribution is 2.30. The van der Waals surface area contributed by atoms with Crippen molar-refractivity contribution in [1.29, 1.82) is 0 Å². The number of ether oxygens (including phenoxy) is 2. The molecule has 4 heteroatoms. The van der Waals surface area contributed by atoms with Gasteiger partial charge in [-0.3, -0.25) is 0 Å². The zero-order chi connectivity index (χ0) is 16.2. The van der Waals surface area contributed by atoms with Crippen LogP contribution in [0, 0.1) is 0 Å². The second-order valence-corrected chi connectivity index (χ2v) is 5.85. The Morgan fingerprint density at radius 1 is 0.875 bits per heavy atom. The van der Waals surface area contributed by atoms with Gasteiger partial charge in [0.25, 0.3) is 0 Å². The van der Waals surface area contributed by atoms with E-state index in [4.69, 9.17) is 14.5 Å². The number of rotatable bonds is 5. The third-order valence-corrected chi connectivity index (χ3v) is 4.17. The number of H-pyrrole nitrogens is 1. The molecular weight excluding hydrogens is 300 g/mol. The molecule has 1 aromatic heterocycles. The maximum atomic E-state index is 5.52. The van der Waals surface area contributed by atoms with Gasteiger partial charge in [0, 0.05) is 24.0 Å². The molecule has 0 radical (unpaired) electrons. The molecule has 122 valence electrons. The average Bonchev–Trinajstić information content (AvgIpc) is 3.31. The van der Waals surface area contributed by atoms with Gasteiger partial charge >= 0.3 is 0 Å². The van der Waals surface area contributed by atoms with Crippen LogP contribution in [-0.4, -0.2) is 29.5 Å². The van der Waals surface area contributed by atoms with Crippen LogP contribution in [-0.2, 0) is 15.9 Å². The molecule has 24 heavy (non-hydrogen) atoms. The first-order chi connectivity index (χ1) is 11.9. The van der Waals surface area contributed by atoms with Gasteiger partial charge in [-0.05, 0) is 0 Å². The largest absolute Gasteiger partial charge is 0.350 e. The standard InChI is InChI=1S/C20H20N2O2/c1-3-7-15(8-4-1)19-20(16-9-5-2-6-10-16)22-17(21-19)11-12-18-23-13-14-24-18/h1-10,18H,11-14H2,(H,21,22). The van der Waals surface area contributed by atoms with Crippen LogP contribution in [0.2, 0.25) is 0 Å². The Bertz CT molecular complexity index is 721. The number of aromatic amines is 1. The highest BCUT2D eigenvalue weighted by Gasteiger charge is 2.18. The van der Waals surface area contributed by atoms with Crippen LogP contribution >= 0.6 is 0 Å². The maximum absolute atomic E-state index is 5.52. The lowest BCUT2D eigenvalue weighted by Crippen LogP contribution is -2.09. The van der Waals surface area contributed by atoms with E-state index in [1.807, 2.05) is 36.4 Å². The first kappa shape index (κ1) is 15.1. The van der Waals surface area contributed by atoms with Crippen molar-refractivity contribution >= 4 is 0 Å². The van der Waals surface area contributed by atoms with Gasteiger partial charge in [-0.15, -0.1) is 0 Å². The molecule has 2 heterocycles. The third-order valence-electron chi connectivity index (χ3n) is 4.17. The summed E-state index contributed by atoms with van der Waals surface area (Å²) < 4.78 is 11.0. The summed E-state index contributed by atoms with van der Waals surface area (Å²) in [6.07, 6.45) is 1.52. The van der Waals surface area contributed by atoms with Gasteiger partial charge in [0.15, 0.2) is 6.29 Å². The van der Waals surface area contributed by atoms with Crippen molar-refractivity contribution in [3.8, 4) is 22.5 Å². The van der Waals surface area contributed by atoms with Crippen molar-refractivity contribution in [2.24, 2.45) is 0 Å². The molecule has 4 nitrogen and oxygen atoms in total. The first-order valence-corrected chi connectivity index (χ1v) is 8.33. The normalized spacial score (nSPS) is 15.0. The van der Waals surface area contributed by atoms with Crippen LogP contribution in [0.3, 0.4) is 0 Å². The lowest BCUT2D eigenvalue weighted by Gasteiger charge is -2.06. The van der Waals surface area contributed by atoms with Crippen LogP contribution < -0.4 is 0 Å². The first-order valence-electron chi connectivity index (χ1n) is 8.33. The number of hydrogen-bond acceptors (Lipinski definition) is 3. The van der Waals surface area contributed by atoms with Gasteiger partial charge in [-0.25, -0.2) is 4.98 Å². The molecule has 0 bridgehead atoms. The van der Waals surface area contributed by atoms with Crippen LogP contribution in [0.5, 0.6) is 0 Å². The lowest BCUT2D eigenvalue weighted by atomic mass is 10.1. The quantitative estimate of drug-likeness (QED) is 0.771. The predicted octanol–water partition coefficient (Wildman–Crippen LogP) is 4.05. The van der Waals surface area contributed by atoms with Crippen LogP contribution in [0.1, 0.15) is 12.2 Å². The fraction of sp³-hybridized carbons (Fsp3) is 0.250. The van der Waals surface area contributed by atoms with Gasteiger partial charge in [-0.1, -0.05) is 60.7 Å². The van der Waals surface area contributed by atoms with Crippen molar-refractivity contribution in [3.63, 3.8) is 0 Å². The molecule has 0 unspecified atom stereocenters. The zero-order valence-corrected chi connectivity index (χ0v) is 13.4. The van der Waals surface area contributed by atoms with Gasteiger partial charge < -0.3 is 14.5 Å². The third kappa shape index (κ3) is 3.25. The topological polar surface area (TPSA) is 47.1 Å². The van der Waals surface area contributed by atoms with Crippen LogP contribution in [0.25, 0.3) is 22.5 Å². The summed E-state index contributed by atoms with van der Waals surface area (Å²) in [4.78, 5) is 8.35. The smallest absolute Gasteiger partial charge is 0.158 e. The summed E-state index contributed by atoms with van der Waals surface area (Å²) in [5.41, 5.74) is 4.31. The van der Waals surface area contributed by atoms with Crippen molar-refractivity contribution in [3.05, 3.63) is 66.5 Å². The second-order valence-electron chi connectivity index (χ2n) is 5.85. The Balaban J connectivity index is 1.65. The zero-order valence-electron chi connectivity index (χ0n) is 13.4. The van der Waals surface area contributed by atoms with Crippen molar-refractivity contribution in [2.45, 2.75) is 19.1 Å². The maximum Gasteiger partial charge on any atom is 0.158 e. The van der Waals surface area contributed by atoms with E-state index in [-0.39, 0.29) is 6.29 Å². The molecular formula is C20H20N2O2. The SMILES string of the molecule is c1ccc(-c2nc(CCC3OCCO3)[nH]c2-c2ccccc2)cc1. The molecule has 1 fully saturated rings. The fourth-order valence-corrected chi connectivity index (χ4v) is 2.99. The van der Waals surface area contributed by atoms with E-state index >= 15 is 0 Å². The Morgan fingerprint density at radius 2 is 1.50 bits per heavy atom. The molecule has 1 aliphatic rings. The highest BCUT2D eigenvalue weighted by atomic mass is 16.7. The summed E-state index contributed by atoms with van der Waals surface area (Å²) in [5, 5.41) is 0. The molecule has 0 aliphatic carbocycles. The van der Waals surface area contributed by atoms with Crippen molar-refractivity contribution < 1.29 is 9.47 Å². The van der Waals surface area contributed by atoms with E-state index in [1.165, 1.54) is 0 Å². The molecule has 0 spiro atoms. The Hall–Kier alpha value is -2.43. The Morgan fingerprint density at radius 3 is 2.17 bits per heavy atom. The molecule has 1 N–H and O–H groups in total. The molecule has 3 aromatic rings. The lowest BCUT2D eigenvalue weighted by molar-refractivity contribution is -0.0464. The molecule has 1 aliphatic heterocycles. The Labute approximate surface area is 141 Å². The molecule has 0 saturated carbocycles. The summed E-state index contributed by atoms with van der Waals surface area (Å²) >= 11 is 0. The number of nitrogens with zero attached hydrogens (tertiary/aromatic N) is 1. The van der Waals surface area contributed by atoms with E-state index in [0.29, 0.717) is 13.2 Å². The average molecular weight is 320 g/mol. The minimum absolute atomic E-state index is 0.101. The molecule has 0 amide bonds. The van der Waals surface area contributed by atoms with Gasteiger partial charge in [0.2, 0.25) is 0 Å². The number of imidazole rings is 1. The van der Waals surface area contributed by atoms with Gasteiger partial charge in [0.1, 0.15) is 5.82 Å². The number of nitrogens with one attached hydrogen (secondary N) is 1. The van der Waals surface area contributed by atoms with Crippen molar-refractivity contribution in [1.82, 2.24) is 9.97 Å². The summed E-state index contributed by atoms with van der Waals surface area (Å²) in [6, 6.07) is 20.6. The molecule has 4 rings (SSSR count). The Kier molecular flexibility index (Phi) is 4.40. The van der Waals surface area contributed by atoms with Crippen LogP contribution in [0.4, 0.5) is 0 Å². The summed E-state index contributed by atoms with van der Waals surface area (Å²) in [7, 11) is 0. The molecule has 2 aromatic carbocycles. The number of aryl methyl sites for hydroxylation is 1. The van der Waals surface area contributed by atoms with E-state index < -0.39 is 0 Å². The van der Waals surface area contributed by atoms with Gasteiger partial charge in [0.05, 0.1) is 24.6 Å². The number of benzene rings is 2.